The summed E-state index contributed by atoms with van der Waals surface area (Å²) >= 11 is 11.1. The Balaban J connectivity index is 1.41. The van der Waals surface area contributed by atoms with Crippen LogP contribution in [0.2, 0.25) is 0 Å². The fraction of sp³-hybridized carbons (Fsp3) is 0.0541. The van der Waals surface area contributed by atoms with Crippen molar-refractivity contribution in [2.45, 2.75) is 22.3 Å². The predicted molar refractivity (Wildman–Crippen MR) is 190 cm³/mol. The summed E-state index contributed by atoms with van der Waals surface area (Å²) in [4.78, 5) is 14.7. The molecule has 0 spiro atoms. The first-order chi connectivity index (χ1) is 21.5. The Morgan fingerprint density at radius 1 is 0.773 bits per heavy atom. The third-order valence-electron chi connectivity index (χ3n) is 7.54. The summed E-state index contributed by atoms with van der Waals surface area (Å²) in [6.45, 7) is 0. The highest BCUT2D eigenvalue weighted by molar-refractivity contribution is 9.11. The molecule has 6 aromatic carbocycles. The van der Waals surface area contributed by atoms with Gasteiger partial charge >= 0.3 is 5.97 Å². The molecule has 0 radical (unpaired) electrons. The van der Waals surface area contributed by atoms with E-state index in [0.717, 1.165) is 22.1 Å². The monoisotopic (exact) mass is 738 g/mol. The third kappa shape index (κ3) is 5.54. The summed E-state index contributed by atoms with van der Waals surface area (Å²) < 4.78 is 9.99. The van der Waals surface area contributed by atoms with Crippen LogP contribution in [-0.2, 0) is 11.2 Å². The number of hydrogen-bond acceptors (Lipinski definition) is 4. The highest BCUT2D eigenvalue weighted by atomic mass is 79.9. The summed E-state index contributed by atoms with van der Waals surface area (Å²) in [5.74, 6) is -0.551. The quantitative estimate of drug-likeness (QED) is 0.169. The summed E-state index contributed by atoms with van der Waals surface area (Å²) in [6, 6.07) is 41.3. The van der Waals surface area contributed by atoms with Gasteiger partial charge in [0.05, 0.1) is 13.6 Å². The molecular weight excluding hydrogens is 716 g/mol. The maximum atomic E-state index is 12.2. The normalized spacial score (nSPS) is 12.1. The van der Waals surface area contributed by atoms with Gasteiger partial charge in [-0.2, -0.15) is 0 Å². The van der Waals surface area contributed by atoms with E-state index >= 15 is 0 Å². The van der Waals surface area contributed by atoms with Crippen molar-refractivity contribution >= 4 is 91.9 Å². The molecule has 1 atom stereocenters. The Hall–Kier alpha value is -3.62. The van der Waals surface area contributed by atoms with Gasteiger partial charge in [0.1, 0.15) is 5.75 Å². The number of halogens is 2. The molecule has 7 heteroatoms. The number of thiophene rings is 1. The Morgan fingerprint density at radius 2 is 1.36 bits per heavy atom. The van der Waals surface area contributed by atoms with Crippen molar-refractivity contribution in [1.82, 2.24) is 0 Å². The van der Waals surface area contributed by atoms with Crippen molar-refractivity contribution in [3.8, 4) is 16.9 Å². The van der Waals surface area contributed by atoms with Gasteiger partial charge in [0.15, 0.2) is 6.10 Å². The average molecular weight is 741 g/mol. The van der Waals surface area contributed by atoms with E-state index < -0.39 is 12.1 Å². The summed E-state index contributed by atoms with van der Waals surface area (Å²) in [6.07, 6.45) is -0.790. The summed E-state index contributed by atoms with van der Waals surface area (Å²) in [5.41, 5.74) is 3.04. The second-order valence-electron chi connectivity index (χ2n) is 10.4. The zero-order valence-corrected chi connectivity index (χ0v) is 28.0. The zero-order valence-electron chi connectivity index (χ0n) is 23.2. The molecule has 0 aliphatic rings. The molecule has 0 bridgehead atoms. The van der Waals surface area contributed by atoms with Gasteiger partial charge < -0.3 is 9.84 Å². The van der Waals surface area contributed by atoms with Crippen molar-refractivity contribution in [2.75, 3.05) is 0 Å². The molecule has 1 heterocycles. The van der Waals surface area contributed by atoms with E-state index in [1.165, 1.54) is 35.3 Å². The van der Waals surface area contributed by atoms with Gasteiger partial charge in [-0.1, -0.05) is 103 Å². The lowest BCUT2D eigenvalue weighted by molar-refractivity contribution is -0.145. The van der Waals surface area contributed by atoms with Gasteiger partial charge in [0.2, 0.25) is 0 Å². The van der Waals surface area contributed by atoms with Gasteiger partial charge in [-0.05, 0) is 89.7 Å². The van der Waals surface area contributed by atoms with Gasteiger partial charge in [-0.25, -0.2) is 4.79 Å². The van der Waals surface area contributed by atoms with Gasteiger partial charge in [-0.3, -0.25) is 0 Å². The number of carboxylic acid groups (broad SMARTS) is 1. The second-order valence-corrected chi connectivity index (χ2v) is 14.2. The Kier molecular flexibility index (Phi) is 8.21. The Bertz CT molecular complexity index is 2140. The van der Waals surface area contributed by atoms with Gasteiger partial charge in [-0.15, -0.1) is 11.3 Å². The molecule has 44 heavy (non-hydrogen) atoms. The number of aliphatic carboxylic acids is 1. The standard InChI is InChI=1S/C37H24Br2O3S2/c38-28-20-23(21-29(39)34(28)42-30(37(40)41)19-22-11-3-1-4-12-22)32-25-15-7-8-16-26(25)35(43-24-13-5-2-6-14-24)36-33(32)27-17-9-10-18-31(27)44-36/h1-18,20-21,30H,19H2,(H,40,41)/t30-/m1/s1. The first kappa shape index (κ1) is 29.1. The van der Waals surface area contributed by atoms with Crippen LogP contribution in [0.3, 0.4) is 0 Å². The molecule has 0 saturated heterocycles. The lowest BCUT2D eigenvalue weighted by Gasteiger charge is -2.20. The fourth-order valence-electron chi connectivity index (χ4n) is 5.58. The minimum atomic E-state index is -1.04. The van der Waals surface area contributed by atoms with Crippen LogP contribution >= 0.6 is 55.0 Å². The number of rotatable bonds is 8. The van der Waals surface area contributed by atoms with E-state index in [1.54, 1.807) is 11.8 Å². The molecule has 0 fully saturated rings. The van der Waals surface area contributed by atoms with Crippen LogP contribution in [0.15, 0.2) is 140 Å². The molecule has 7 rings (SSSR count). The van der Waals surface area contributed by atoms with E-state index in [-0.39, 0.29) is 6.42 Å². The second kappa shape index (κ2) is 12.4. The molecule has 216 valence electrons. The molecular formula is C37H24Br2O3S2. The van der Waals surface area contributed by atoms with Crippen molar-refractivity contribution in [3.05, 3.63) is 136 Å². The Labute approximate surface area is 279 Å². The summed E-state index contributed by atoms with van der Waals surface area (Å²) in [7, 11) is 0. The maximum Gasteiger partial charge on any atom is 0.345 e. The molecule has 1 aromatic heterocycles. The summed E-state index contributed by atoms with van der Waals surface area (Å²) in [5, 5.41) is 14.8. The SMILES string of the molecule is O=C(O)[C@@H](Cc1ccccc1)Oc1c(Br)cc(-c2c3ccccc3c(Sc3ccccc3)c3sc4ccccc4c23)cc1Br. The smallest absolute Gasteiger partial charge is 0.345 e. The van der Waals surface area contributed by atoms with Gasteiger partial charge in [0, 0.05) is 31.7 Å². The third-order valence-corrected chi connectivity index (χ3v) is 11.2. The first-order valence-electron chi connectivity index (χ1n) is 14.0. The largest absolute Gasteiger partial charge is 0.478 e. The van der Waals surface area contributed by atoms with Crippen molar-refractivity contribution in [2.24, 2.45) is 0 Å². The first-order valence-corrected chi connectivity index (χ1v) is 17.2. The zero-order chi connectivity index (χ0) is 30.2. The van der Waals surface area contributed by atoms with Crippen molar-refractivity contribution in [1.29, 1.82) is 0 Å². The Morgan fingerprint density at radius 3 is 2.05 bits per heavy atom. The number of carbonyl (C=O) groups is 1. The highest BCUT2D eigenvalue weighted by Gasteiger charge is 2.25. The lowest BCUT2D eigenvalue weighted by Crippen LogP contribution is -2.29. The fourth-order valence-corrected chi connectivity index (χ4v) is 9.38. The van der Waals surface area contributed by atoms with E-state index in [1.807, 2.05) is 59.9 Å². The van der Waals surface area contributed by atoms with Gasteiger partial charge in [0.25, 0.3) is 0 Å². The highest BCUT2D eigenvalue weighted by Crippen LogP contribution is 2.52. The van der Waals surface area contributed by atoms with E-state index in [4.69, 9.17) is 4.74 Å². The number of fused-ring (bicyclic) bond motifs is 4. The van der Waals surface area contributed by atoms with Crippen LogP contribution in [0.1, 0.15) is 5.56 Å². The van der Waals surface area contributed by atoms with E-state index in [0.29, 0.717) is 14.7 Å². The van der Waals surface area contributed by atoms with E-state index in [2.05, 4.69) is 105 Å². The minimum Gasteiger partial charge on any atom is -0.478 e. The molecule has 0 amide bonds. The van der Waals surface area contributed by atoms with Crippen LogP contribution in [0, 0.1) is 0 Å². The average Bonchev–Trinajstić information content (AvgIpc) is 3.42. The van der Waals surface area contributed by atoms with Crippen LogP contribution in [0.5, 0.6) is 5.75 Å². The maximum absolute atomic E-state index is 12.2. The molecule has 0 aliphatic carbocycles. The number of hydrogen-bond donors (Lipinski definition) is 1. The van der Waals surface area contributed by atoms with Crippen LogP contribution < -0.4 is 4.74 Å². The van der Waals surface area contributed by atoms with Crippen LogP contribution in [0.25, 0.3) is 42.1 Å². The molecule has 7 aromatic rings. The molecule has 1 N–H and O–H groups in total. The molecule has 0 aliphatic heterocycles. The van der Waals surface area contributed by atoms with Crippen molar-refractivity contribution in [3.63, 3.8) is 0 Å². The molecule has 0 unspecified atom stereocenters. The predicted octanol–water partition coefficient (Wildman–Crippen LogP) is 11.6. The number of carboxylic acids is 1. The minimum absolute atomic E-state index is 0.253. The topological polar surface area (TPSA) is 46.5 Å². The van der Waals surface area contributed by atoms with E-state index in [9.17, 15) is 9.90 Å². The number of ether oxygens (including phenoxy) is 1. The van der Waals surface area contributed by atoms with Crippen LogP contribution in [0.4, 0.5) is 0 Å². The molecule has 0 saturated carbocycles. The van der Waals surface area contributed by atoms with Crippen LogP contribution in [-0.4, -0.2) is 17.2 Å². The molecule has 3 nitrogen and oxygen atoms in total. The van der Waals surface area contributed by atoms with Crippen molar-refractivity contribution < 1.29 is 14.6 Å². The number of benzene rings is 6. The lowest BCUT2D eigenvalue weighted by atomic mass is 9.93.